The van der Waals surface area contributed by atoms with Gasteiger partial charge in [-0.15, -0.1) is 0 Å². The van der Waals surface area contributed by atoms with Crippen molar-refractivity contribution in [2.45, 2.75) is 0 Å². The molecule has 1 heterocycles. The fourth-order valence-electron chi connectivity index (χ4n) is 6.15. The van der Waals surface area contributed by atoms with E-state index >= 15 is 0 Å². The van der Waals surface area contributed by atoms with Crippen molar-refractivity contribution in [1.29, 1.82) is 10.8 Å². The van der Waals surface area contributed by atoms with Crippen molar-refractivity contribution in [3.8, 4) is 44.9 Å². The average molecular weight is 563 g/mol. The number of nitrogens with one attached hydrogen (secondary N) is 2. The zero-order valence-corrected chi connectivity index (χ0v) is 23.8. The monoisotopic (exact) mass is 562 g/mol. The molecular weight excluding hydrogens is 536 g/mol. The lowest BCUT2D eigenvalue weighted by Gasteiger charge is -2.17. The second kappa shape index (κ2) is 10.4. The van der Waals surface area contributed by atoms with E-state index in [2.05, 4.69) is 91.0 Å². The molecule has 0 spiro atoms. The second-order valence-electron chi connectivity index (χ2n) is 11.0. The predicted octanol–water partition coefficient (Wildman–Crippen LogP) is 9.87. The van der Waals surface area contributed by atoms with Crippen LogP contribution in [0.1, 0.15) is 11.1 Å². The third-order valence-corrected chi connectivity index (χ3v) is 8.33. The first-order chi connectivity index (χ1) is 21.6. The maximum absolute atomic E-state index is 8.55. The topological polar surface area (TPSA) is 73.5 Å². The van der Waals surface area contributed by atoms with Gasteiger partial charge >= 0.3 is 0 Å². The summed E-state index contributed by atoms with van der Waals surface area (Å²) in [6.07, 6.45) is 3.61. The number of benzene rings is 6. The van der Waals surface area contributed by atoms with Gasteiger partial charge in [-0.1, -0.05) is 121 Å². The SMILES string of the molecule is N=C1C=Cc2ccc3cc(-c4ccccc4-c4nc(-c5cccc(-c6ccccc6)c5)c5ccccc5n4)ccc3c2C1=N. The summed E-state index contributed by atoms with van der Waals surface area (Å²) in [5.41, 5.74) is 10.5. The molecule has 0 atom stereocenters. The highest BCUT2D eigenvalue weighted by molar-refractivity contribution is 6.53. The highest BCUT2D eigenvalue weighted by Crippen LogP contribution is 2.37. The van der Waals surface area contributed by atoms with Crippen LogP contribution in [0, 0.1) is 10.8 Å². The molecule has 1 aliphatic rings. The van der Waals surface area contributed by atoms with Crippen LogP contribution in [0.3, 0.4) is 0 Å². The van der Waals surface area contributed by atoms with E-state index in [1.54, 1.807) is 6.08 Å². The Morgan fingerprint density at radius 3 is 2.11 bits per heavy atom. The van der Waals surface area contributed by atoms with Crippen molar-refractivity contribution >= 4 is 39.2 Å². The van der Waals surface area contributed by atoms with Crippen LogP contribution in [0.15, 0.2) is 140 Å². The van der Waals surface area contributed by atoms with E-state index in [9.17, 15) is 0 Å². The predicted molar refractivity (Wildman–Crippen MR) is 182 cm³/mol. The Hall–Kier alpha value is -6.00. The lowest BCUT2D eigenvalue weighted by molar-refractivity contribution is 1.23. The molecule has 2 N–H and O–H groups in total. The summed E-state index contributed by atoms with van der Waals surface area (Å²) in [5, 5.41) is 19.7. The van der Waals surface area contributed by atoms with Crippen molar-refractivity contribution < 1.29 is 0 Å². The van der Waals surface area contributed by atoms with Crippen molar-refractivity contribution in [1.82, 2.24) is 9.97 Å². The van der Waals surface area contributed by atoms with Crippen LogP contribution in [-0.4, -0.2) is 21.4 Å². The number of hydrogen-bond donors (Lipinski definition) is 2. The van der Waals surface area contributed by atoms with E-state index in [0.717, 1.165) is 66.3 Å². The molecule has 1 aliphatic carbocycles. The van der Waals surface area contributed by atoms with E-state index < -0.39 is 0 Å². The number of para-hydroxylation sites is 1. The minimum Gasteiger partial charge on any atom is -0.299 e. The van der Waals surface area contributed by atoms with E-state index in [1.165, 1.54) is 5.56 Å². The van der Waals surface area contributed by atoms with Gasteiger partial charge in [-0.3, -0.25) is 10.8 Å². The van der Waals surface area contributed by atoms with Crippen molar-refractivity contribution in [3.05, 3.63) is 151 Å². The minimum absolute atomic E-state index is 0.234. The van der Waals surface area contributed by atoms with E-state index in [0.29, 0.717) is 5.82 Å². The van der Waals surface area contributed by atoms with Crippen LogP contribution >= 0.6 is 0 Å². The third kappa shape index (κ3) is 4.32. The Bertz CT molecular complexity index is 2320. The molecule has 4 nitrogen and oxygen atoms in total. The first kappa shape index (κ1) is 25.7. The number of aromatic nitrogens is 2. The van der Waals surface area contributed by atoms with Gasteiger partial charge in [0.15, 0.2) is 5.82 Å². The molecule has 44 heavy (non-hydrogen) atoms. The molecule has 7 aromatic rings. The molecule has 0 amide bonds. The zero-order valence-electron chi connectivity index (χ0n) is 23.8. The Morgan fingerprint density at radius 1 is 0.477 bits per heavy atom. The standard InChI is InChI=1S/C40H26N4/c41-35-22-20-26-17-18-29-24-28(19-21-32(29)37(26)38(35)42)31-13-4-5-14-33(31)40-43-36-16-7-6-15-34(36)39(44-40)30-12-8-11-27(23-30)25-9-2-1-3-10-25/h1-24,41-42H. The van der Waals surface area contributed by atoms with Gasteiger partial charge in [0.1, 0.15) is 0 Å². The molecule has 206 valence electrons. The van der Waals surface area contributed by atoms with Crippen molar-refractivity contribution in [2.24, 2.45) is 0 Å². The summed E-state index contributed by atoms with van der Waals surface area (Å²) < 4.78 is 0. The van der Waals surface area contributed by atoms with Crippen LogP contribution in [0.5, 0.6) is 0 Å². The van der Waals surface area contributed by atoms with Crippen molar-refractivity contribution in [2.75, 3.05) is 0 Å². The molecule has 0 bridgehead atoms. The first-order valence-corrected chi connectivity index (χ1v) is 14.6. The highest BCUT2D eigenvalue weighted by Gasteiger charge is 2.19. The zero-order chi connectivity index (χ0) is 29.6. The molecule has 0 saturated heterocycles. The summed E-state index contributed by atoms with van der Waals surface area (Å²) >= 11 is 0. The molecule has 1 aromatic heterocycles. The number of allylic oxidation sites excluding steroid dienone is 1. The van der Waals surface area contributed by atoms with Gasteiger partial charge in [0, 0.05) is 22.1 Å². The summed E-state index contributed by atoms with van der Waals surface area (Å²) in [5.74, 6) is 0.672. The molecule has 0 radical (unpaired) electrons. The quantitative estimate of drug-likeness (QED) is 0.224. The van der Waals surface area contributed by atoms with Gasteiger partial charge in [0.05, 0.1) is 22.6 Å². The van der Waals surface area contributed by atoms with Gasteiger partial charge < -0.3 is 0 Å². The highest BCUT2D eigenvalue weighted by atomic mass is 14.9. The smallest absolute Gasteiger partial charge is 0.161 e. The lowest BCUT2D eigenvalue weighted by Crippen LogP contribution is -2.16. The van der Waals surface area contributed by atoms with E-state index in [1.807, 2.05) is 48.5 Å². The second-order valence-corrected chi connectivity index (χ2v) is 11.0. The Labute approximate surface area is 255 Å². The summed E-state index contributed by atoms with van der Waals surface area (Å²) in [7, 11) is 0. The van der Waals surface area contributed by atoms with Crippen LogP contribution in [0.2, 0.25) is 0 Å². The Morgan fingerprint density at radius 2 is 1.23 bits per heavy atom. The number of fused-ring (bicyclic) bond motifs is 4. The van der Waals surface area contributed by atoms with E-state index in [-0.39, 0.29) is 11.4 Å². The summed E-state index contributed by atoms with van der Waals surface area (Å²) in [6.45, 7) is 0. The first-order valence-electron chi connectivity index (χ1n) is 14.6. The number of nitrogens with zero attached hydrogens (tertiary/aromatic N) is 2. The molecule has 0 unspecified atom stereocenters. The molecule has 4 heteroatoms. The number of rotatable bonds is 4. The van der Waals surface area contributed by atoms with Gasteiger partial charge in [-0.25, -0.2) is 9.97 Å². The van der Waals surface area contributed by atoms with Crippen LogP contribution < -0.4 is 0 Å². The molecule has 0 saturated carbocycles. The van der Waals surface area contributed by atoms with Gasteiger partial charge in [0.25, 0.3) is 0 Å². The fourth-order valence-corrected chi connectivity index (χ4v) is 6.15. The van der Waals surface area contributed by atoms with Crippen LogP contribution in [0.25, 0.3) is 72.7 Å². The molecule has 8 rings (SSSR count). The molecular formula is C40H26N4. The van der Waals surface area contributed by atoms with E-state index in [4.69, 9.17) is 20.8 Å². The molecule has 0 aliphatic heterocycles. The Balaban J connectivity index is 1.29. The fraction of sp³-hybridized carbons (Fsp3) is 0. The molecule has 6 aromatic carbocycles. The summed E-state index contributed by atoms with van der Waals surface area (Å²) in [6, 6.07) is 45.9. The third-order valence-electron chi connectivity index (χ3n) is 8.33. The maximum Gasteiger partial charge on any atom is 0.161 e. The minimum atomic E-state index is 0.234. The van der Waals surface area contributed by atoms with Gasteiger partial charge in [-0.05, 0) is 62.9 Å². The number of hydrogen-bond acceptors (Lipinski definition) is 4. The average Bonchev–Trinajstić information content (AvgIpc) is 3.09. The molecule has 0 fully saturated rings. The maximum atomic E-state index is 8.55. The lowest BCUT2D eigenvalue weighted by atomic mass is 9.88. The van der Waals surface area contributed by atoms with Crippen LogP contribution in [-0.2, 0) is 0 Å². The largest absolute Gasteiger partial charge is 0.299 e. The van der Waals surface area contributed by atoms with Gasteiger partial charge in [-0.2, -0.15) is 0 Å². The van der Waals surface area contributed by atoms with Crippen LogP contribution in [0.4, 0.5) is 0 Å². The van der Waals surface area contributed by atoms with Gasteiger partial charge in [0.2, 0.25) is 0 Å². The summed E-state index contributed by atoms with van der Waals surface area (Å²) in [4.78, 5) is 10.3. The normalized spacial score (nSPS) is 12.5. The van der Waals surface area contributed by atoms with Crippen molar-refractivity contribution in [3.63, 3.8) is 0 Å². The Kier molecular flexibility index (Phi) is 6.05.